The highest BCUT2D eigenvalue weighted by Crippen LogP contribution is 2.27. The van der Waals surface area contributed by atoms with Crippen molar-refractivity contribution in [1.29, 1.82) is 0 Å². The summed E-state index contributed by atoms with van der Waals surface area (Å²) in [5, 5.41) is 5.56. The van der Waals surface area contributed by atoms with Crippen LogP contribution in [0, 0.1) is 5.92 Å². The van der Waals surface area contributed by atoms with E-state index in [9.17, 15) is 0 Å². The molecule has 0 aliphatic carbocycles. The Labute approximate surface area is 94.7 Å². The topological polar surface area (TPSA) is 24.4 Å². The van der Waals surface area contributed by atoms with Crippen LogP contribution in [-0.4, -0.2) is 34.5 Å². The molecule has 2 aliphatic rings. The summed E-state index contributed by atoms with van der Waals surface area (Å²) in [5.41, 5.74) is 0. The molecule has 0 amide bonds. The molecule has 0 spiro atoms. The van der Waals surface area contributed by atoms with Crippen molar-refractivity contribution in [1.82, 2.24) is 5.32 Å². The van der Waals surface area contributed by atoms with Crippen molar-refractivity contribution >= 4 is 28.7 Å². The molecule has 3 atom stereocenters. The molecule has 0 radical (unpaired) electrons. The van der Waals surface area contributed by atoms with Crippen molar-refractivity contribution in [2.45, 2.75) is 31.6 Å². The first kappa shape index (κ1) is 10.7. The predicted molar refractivity (Wildman–Crippen MR) is 67.4 cm³/mol. The highest BCUT2D eigenvalue weighted by molar-refractivity contribution is 8.13. The van der Waals surface area contributed by atoms with Gasteiger partial charge in [-0.05, 0) is 12.3 Å². The summed E-state index contributed by atoms with van der Waals surface area (Å²) in [5.74, 6) is 3.22. The lowest BCUT2D eigenvalue weighted by Gasteiger charge is -2.20. The maximum Gasteiger partial charge on any atom is 0.156 e. The molecule has 2 nitrogen and oxygen atoms in total. The third-order valence-corrected chi connectivity index (χ3v) is 5.19. The van der Waals surface area contributed by atoms with Gasteiger partial charge in [0.15, 0.2) is 5.17 Å². The number of nitrogens with one attached hydrogen (secondary N) is 1. The van der Waals surface area contributed by atoms with E-state index < -0.39 is 0 Å². The van der Waals surface area contributed by atoms with E-state index in [-0.39, 0.29) is 0 Å². The number of hydrogen-bond acceptors (Lipinski definition) is 4. The Kier molecular flexibility index (Phi) is 3.66. The van der Waals surface area contributed by atoms with Gasteiger partial charge < -0.3 is 5.32 Å². The number of amidine groups is 1. The van der Waals surface area contributed by atoms with Gasteiger partial charge in [0.05, 0.1) is 0 Å². The smallest absolute Gasteiger partial charge is 0.156 e. The van der Waals surface area contributed by atoms with Gasteiger partial charge in [-0.15, -0.1) is 0 Å². The molecular formula is C10H18N2S2. The van der Waals surface area contributed by atoms with Gasteiger partial charge >= 0.3 is 0 Å². The molecule has 0 saturated carbocycles. The Hall–Kier alpha value is 0.170. The van der Waals surface area contributed by atoms with Gasteiger partial charge in [0.25, 0.3) is 0 Å². The fourth-order valence-corrected chi connectivity index (χ4v) is 3.85. The summed E-state index contributed by atoms with van der Waals surface area (Å²) in [4.78, 5) is 4.56. The summed E-state index contributed by atoms with van der Waals surface area (Å²) in [6, 6.07) is 0.662. The molecule has 0 aromatic carbocycles. The fourth-order valence-electron chi connectivity index (χ4n) is 1.74. The summed E-state index contributed by atoms with van der Waals surface area (Å²) in [7, 11) is 0. The lowest BCUT2D eigenvalue weighted by Crippen LogP contribution is -2.35. The molecule has 1 N–H and O–H groups in total. The molecule has 1 fully saturated rings. The largest absolute Gasteiger partial charge is 0.361 e. The van der Waals surface area contributed by atoms with E-state index in [0.717, 1.165) is 17.7 Å². The van der Waals surface area contributed by atoms with Gasteiger partial charge in [0, 0.05) is 29.3 Å². The second kappa shape index (κ2) is 4.79. The SMILES string of the molecule is CC1CN=C(NC2CSC(C)C2)SC1. The van der Waals surface area contributed by atoms with Crippen LogP contribution in [-0.2, 0) is 0 Å². The van der Waals surface area contributed by atoms with Crippen molar-refractivity contribution in [3.63, 3.8) is 0 Å². The summed E-state index contributed by atoms with van der Waals surface area (Å²) in [6.45, 7) is 5.58. The number of rotatable bonds is 1. The average molecular weight is 230 g/mol. The maximum absolute atomic E-state index is 4.56. The molecule has 14 heavy (non-hydrogen) atoms. The van der Waals surface area contributed by atoms with Crippen molar-refractivity contribution < 1.29 is 0 Å². The molecule has 4 heteroatoms. The monoisotopic (exact) mass is 230 g/mol. The van der Waals surface area contributed by atoms with Crippen LogP contribution in [0.5, 0.6) is 0 Å². The van der Waals surface area contributed by atoms with Gasteiger partial charge in [-0.25, -0.2) is 0 Å². The third kappa shape index (κ3) is 2.83. The molecule has 2 rings (SSSR count). The van der Waals surface area contributed by atoms with E-state index in [0.29, 0.717) is 6.04 Å². The van der Waals surface area contributed by atoms with Crippen molar-refractivity contribution in [2.75, 3.05) is 18.1 Å². The molecule has 0 aromatic heterocycles. The highest BCUT2D eigenvalue weighted by atomic mass is 32.2. The van der Waals surface area contributed by atoms with Crippen LogP contribution >= 0.6 is 23.5 Å². The van der Waals surface area contributed by atoms with E-state index in [1.165, 1.54) is 23.1 Å². The summed E-state index contributed by atoms with van der Waals surface area (Å²) < 4.78 is 0. The quantitative estimate of drug-likeness (QED) is 0.747. The number of hydrogen-bond donors (Lipinski definition) is 1. The molecule has 80 valence electrons. The van der Waals surface area contributed by atoms with Gasteiger partial charge in [0.1, 0.15) is 0 Å². The van der Waals surface area contributed by atoms with Gasteiger partial charge in [0.2, 0.25) is 0 Å². The Bertz CT molecular complexity index is 230. The fraction of sp³-hybridized carbons (Fsp3) is 0.900. The number of aliphatic imine (C=N–C) groups is 1. The van der Waals surface area contributed by atoms with E-state index in [1.54, 1.807) is 0 Å². The van der Waals surface area contributed by atoms with Crippen LogP contribution in [0.25, 0.3) is 0 Å². The van der Waals surface area contributed by atoms with E-state index in [4.69, 9.17) is 0 Å². The van der Waals surface area contributed by atoms with Crippen molar-refractivity contribution in [3.05, 3.63) is 0 Å². The van der Waals surface area contributed by atoms with Crippen LogP contribution in [0.2, 0.25) is 0 Å². The Morgan fingerprint density at radius 1 is 1.36 bits per heavy atom. The van der Waals surface area contributed by atoms with Crippen LogP contribution in [0.15, 0.2) is 4.99 Å². The standard InChI is InChI=1S/C10H18N2S2/c1-7-4-11-10(14-5-7)12-9-3-8(2)13-6-9/h7-9H,3-6H2,1-2H3,(H,11,12). The molecule has 2 aliphatic heterocycles. The first-order chi connectivity index (χ1) is 6.74. The zero-order valence-corrected chi connectivity index (χ0v) is 10.5. The lowest BCUT2D eigenvalue weighted by molar-refractivity contribution is 0.630. The minimum Gasteiger partial charge on any atom is -0.361 e. The Balaban J connectivity index is 1.80. The summed E-state index contributed by atoms with van der Waals surface area (Å²) >= 11 is 3.96. The zero-order chi connectivity index (χ0) is 9.97. The van der Waals surface area contributed by atoms with Gasteiger partial charge in [-0.1, -0.05) is 25.6 Å². The average Bonchev–Trinajstić information content (AvgIpc) is 2.56. The molecule has 3 unspecified atom stereocenters. The Morgan fingerprint density at radius 2 is 2.21 bits per heavy atom. The van der Waals surface area contributed by atoms with Crippen LogP contribution in [0.1, 0.15) is 20.3 Å². The molecule has 0 aromatic rings. The van der Waals surface area contributed by atoms with Crippen LogP contribution < -0.4 is 5.32 Å². The third-order valence-electron chi connectivity index (χ3n) is 2.58. The normalized spacial score (nSPS) is 38.1. The van der Waals surface area contributed by atoms with Gasteiger partial charge in [-0.3, -0.25) is 4.99 Å². The highest BCUT2D eigenvalue weighted by Gasteiger charge is 2.23. The van der Waals surface area contributed by atoms with E-state index in [1.807, 2.05) is 11.8 Å². The second-order valence-electron chi connectivity index (χ2n) is 4.28. The summed E-state index contributed by atoms with van der Waals surface area (Å²) in [6.07, 6.45) is 1.29. The molecule has 0 bridgehead atoms. The van der Waals surface area contributed by atoms with Crippen LogP contribution in [0.3, 0.4) is 0 Å². The number of thioether (sulfide) groups is 2. The minimum absolute atomic E-state index is 0.662. The maximum atomic E-state index is 4.56. The molecular weight excluding hydrogens is 212 g/mol. The molecule has 1 saturated heterocycles. The van der Waals surface area contributed by atoms with Gasteiger partial charge in [-0.2, -0.15) is 11.8 Å². The van der Waals surface area contributed by atoms with E-state index >= 15 is 0 Å². The first-order valence-corrected chi connectivity index (χ1v) is 7.33. The Morgan fingerprint density at radius 3 is 2.79 bits per heavy atom. The van der Waals surface area contributed by atoms with Crippen molar-refractivity contribution in [3.8, 4) is 0 Å². The van der Waals surface area contributed by atoms with E-state index in [2.05, 4.69) is 35.9 Å². The number of nitrogens with zero attached hydrogens (tertiary/aromatic N) is 1. The van der Waals surface area contributed by atoms with Crippen molar-refractivity contribution in [2.24, 2.45) is 10.9 Å². The van der Waals surface area contributed by atoms with Crippen LogP contribution in [0.4, 0.5) is 0 Å². The predicted octanol–water partition coefficient (Wildman–Crippen LogP) is 2.21. The minimum atomic E-state index is 0.662. The zero-order valence-electron chi connectivity index (χ0n) is 8.82. The lowest BCUT2D eigenvalue weighted by atomic mass is 10.2. The second-order valence-corrected chi connectivity index (χ2v) is 6.76. The molecule has 2 heterocycles. The first-order valence-electron chi connectivity index (χ1n) is 5.29.